The van der Waals surface area contributed by atoms with Crippen molar-refractivity contribution in [1.82, 2.24) is 9.97 Å². The van der Waals surface area contributed by atoms with Crippen LogP contribution in [0.1, 0.15) is 11.4 Å². The van der Waals surface area contributed by atoms with Gasteiger partial charge < -0.3 is 0 Å². The smallest absolute Gasteiger partial charge is 0.0477 e. The lowest BCUT2D eigenvalue weighted by atomic mass is 10.2. The number of aromatic nitrogens is 2. The molecule has 0 fully saturated rings. The lowest BCUT2D eigenvalue weighted by Crippen LogP contribution is -1.93. The van der Waals surface area contributed by atoms with Crippen molar-refractivity contribution in [2.24, 2.45) is 0 Å². The molecule has 70 valence electrons. The standard InChI is InChI=1S/C11H9ClN2/c12-9-4-6-14-11(7-9)8-10-3-1-2-5-13-10/h1-7H,8H2. The number of hydrogen-bond acceptors (Lipinski definition) is 2. The summed E-state index contributed by atoms with van der Waals surface area (Å²) >= 11 is 5.85. The van der Waals surface area contributed by atoms with Crippen molar-refractivity contribution in [3.63, 3.8) is 0 Å². The first-order valence-corrected chi connectivity index (χ1v) is 4.73. The maximum absolute atomic E-state index is 5.85. The molecule has 0 spiro atoms. The van der Waals surface area contributed by atoms with Crippen LogP contribution in [0.4, 0.5) is 0 Å². The summed E-state index contributed by atoms with van der Waals surface area (Å²) in [6, 6.07) is 9.46. The summed E-state index contributed by atoms with van der Waals surface area (Å²) in [7, 11) is 0. The van der Waals surface area contributed by atoms with Crippen LogP contribution >= 0.6 is 11.6 Å². The average Bonchev–Trinajstić information content (AvgIpc) is 2.19. The van der Waals surface area contributed by atoms with E-state index in [0.29, 0.717) is 5.02 Å². The van der Waals surface area contributed by atoms with Gasteiger partial charge >= 0.3 is 0 Å². The van der Waals surface area contributed by atoms with Crippen molar-refractivity contribution in [2.75, 3.05) is 0 Å². The van der Waals surface area contributed by atoms with E-state index in [1.807, 2.05) is 24.3 Å². The Labute approximate surface area is 87.6 Å². The molecule has 3 heteroatoms. The minimum Gasteiger partial charge on any atom is -0.261 e. The summed E-state index contributed by atoms with van der Waals surface area (Å²) in [5.41, 5.74) is 1.94. The molecule has 0 bridgehead atoms. The van der Waals surface area contributed by atoms with Gasteiger partial charge in [0.15, 0.2) is 0 Å². The summed E-state index contributed by atoms with van der Waals surface area (Å²) in [5, 5.41) is 0.714. The van der Waals surface area contributed by atoms with Gasteiger partial charge in [0.25, 0.3) is 0 Å². The van der Waals surface area contributed by atoms with Gasteiger partial charge in [-0.05, 0) is 24.3 Å². The lowest BCUT2D eigenvalue weighted by molar-refractivity contribution is 1.01. The number of hydrogen-bond donors (Lipinski definition) is 0. The predicted molar refractivity (Wildman–Crippen MR) is 56.3 cm³/mol. The van der Waals surface area contributed by atoms with Gasteiger partial charge in [0.05, 0.1) is 0 Å². The molecule has 2 aromatic heterocycles. The quantitative estimate of drug-likeness (QED) is 0.752. The van der Waals surface area contributed by atoms with Crippen LogP contribution in [0.25, 0.3) is 0 Å². The summed E-state index contributed by atoms with van der Waals surface area (Å²) in [4.78, 5) is 8.43. The predicted octanol–water partition coefficient (Wildman–Crippen LogP) is 2.72. The topological polar surface area (TPSA) is 25.8 Å². The molecular formula is C11H9ClN2. The Morgan fingerprint density at radius 3 is 2.57 bits per heavy atom. The second-order valence-electron chi connectivity index (χ2n) is 2.96. The maximum atomic E-state index is 5.85. The number of pyridine rings is 2. The minimum atomic E-state index is 0.714. The molecule has 2 rings (SSSR count). The van der Waals surface area contributed by atoms with E-state index in [0.717, 1.165) is 17.8 Å². The minimum absolute atomic E-state index is 0.714. The van der Waals surface area contributed by atoms with Crippen LogP contribution in [0.3, 0.4) is 0 Å². The molecule has 0 aliphatic heterocycles. The molecule has 2 nitrogen and oxygen atoms in total. The second kappa shape index (κ2) is 4.20. The monoisotopic (exact) mass is 204 g/mol. The molecule has 14 heavy (non-hydrogen) atoms. The molecule has 0 amide bonds. The Balaban J connectivity index is 2.19. The highest BCUT2D eigenvalue weighted by Crippen LogP contribution is 2.10. The van der Waals surface area contributed by atoms with Crippen molar-refractivity contribution < 1.29 is 0 Å². The Hall–Kier alpha value is -1.41. The van der Waals surface area contributed by atoms with Gasteiger partial charge in [-0.3, -0.25) is 9.97 Å². The van der Waals surface area contributed by atoms with E-state index in [2.05, 4.69) is 9.97 Å². The van der Waals surface area contributed by atoms with Crippen LogP contribution in [0.15, 0.2) is 42.7 Å². The van der Waals surface area contributed by atoms with Crippen LogP contribution in [0.5, 0.6) is 0 Å². The van der Waals surface area contributed by atoms with Gasteiger partial charge in [-0.25, -0.2) is 0 Å². The first-order chi connectivity index (χ1) is 6.84. The molecule has 0 saturated carbocycles. The average molecular weight is 205 g/mol. The Morgan fingerprint density at radius 1 is 1.00 bits per heavy atom. The second-order valence-corrected chi connectivity index (χ2v) is 3.40. The number of halogens is 1. The van der Waals surface area contributed by atoms with E-state index in [4.69, 9.17) is 11.6 Å². The zero-order valence-electron chi connectivity index (χ0n) is 7.52. The molecule has 0 unspecified atom stereocenters. The number of nitrogens with zero attached hydrogens (tertiary/aromatic N) is 2. The van der Waals surface area contributed by atoms with Gasteiger partial charge in [0.1, 0.15) is 0 Å². The van der Waals surface area contributed by atoms with E-state index in [-0.39, 0.29) is 0 Å². The van der Waals surface area contributed by atoms with Gasteiger partial charge in [-0.2, -0.15) is 0 Å². The lowest BCUT2D eigenvalue weighted by Gasteiger charge is -1.99. The van der Waals surface area contributed by atoms with Gasteiger partial charge in [0, 0.05) is 35.2 Å². The van der Waals surface area contributed by atoms with Crippen molar-refractivity contribution in [2.45, 2.75) is 6.42 Å². The first kappa shape index (κ1) is 9.16. The highest BCUT2D eigenvalue weighted by atomic mass is 35.5. The van der Waals surface area contributed by atoms with E-state index < -0.39 is 0 Å². The van der Waals surface area contributed by atoms with Crippen LogP contribution in [-0.4, -0.2) is 9.97 Å². The third kappa shape index (κ3) is 2.30. The summed E-state index contributed by atoms with van der Waals surface area (Å²) < 4.78 is 0. The van der Waals surface area contributed by atoms with Crippen LogP contribution in [-0.2, 0) is 6.42 Å². The molecule has 0 N–H and O–H groups in total. The molecule has 0 atom stereocenters. The van der Waals surface area contributed by atoms with E-state index >= 15 is 0 Å². The van der Waals surface area contributed by atoms with E-state index in [9.17, 15) is 0 Å². The Bertz CT molecular complexity index is 415. The highest BCUT2D eigenvalue weighted by Gasteiger charge is 1.98. The third-order valence-corrected chi connectivity index (χ3v) is 2.10. The van der Waals surface area contributed by atoms with Gasteiger partial charge in [-0.15, -0.1) is 0 Å². The molecule has 0 aliphatic carbocycles. The van der Waals surface area contributed by atoms with E-state index in [1.54, 1.807) is 18.5 Å². The zero-order chi connectivity index (χ0) is 9.80. The van der Waals surface area contributed by atoms with Crippen LogP contribution in [0, 0.1) is 0 Å². The summed E-state index contributed by atoms with van der Waals surface area (Å²) in [6.07, 6.45) is 4.21. The maximum Gasteiger partial charge on any atom is 0.0477 e. The first-order valence-electron chi connectivity index (χ1n) is 4.35. The molecule has 2 aromatic rings. The van der Waals surface area contributed by atoms with Crippen molar-refractivity contribution in [1.29, 1.82) is 0 Å². The summed E-state index contributed by atoms with van der Waals surface area (Å²) in [5.74, 6) is 0. The largest absolute Gasteiger partial charge is 0.261 e. The number of rotatable bonds is 2. The molecule has 0 saturated heterocycles. The molecular weight excluding hydrogens is 196 g/mol. The zero-order valence-corrected chi connectivity index (χ0v) is 8.28. The fraction of sp³-hybridized carbons (Fsp3) is 0.0909. The molecule has 2 heterocycles. The Morgan fingerprint density at radius 2 is 1.86 bits per heavy atom. The van der Waals surface area contributed by atoms with Gasteiger partial charge in [0.2, 0.25) is 0 Å². The normalized spacial score (nSPS) is 10.1. The fourth-order valence-corrected chi connectivity index (χ4v) is 1.42. The van der Waals surface area contributed by atoms with Crippen molar-refractivity contribution in [3.05, 3.63) is 59.1 Å². The van der Waals surface area contributed by atoms with Crippen LogP contribution < -0.4 is 0 Å². The molecule has 0 radical (unpaired) electrons. The summed E-state index contributed by atoms with van der Waals surface area (Å²) in [6.45, 7) is 0. The Kier molecular flexibility index (Phi) is 2.75. The SMILES string of the molecule is Clc1ccnc(Cc2ccccn2)c1. The fourth-order valence-electron chi connectivity index (χ4n) is 1.23. The molecule has 0 aliphatic rings. The third-order valence-electron chi connectivity index (χ3n) is 1.87. The highest BCUT2D eigenvalue weighted by molar-refractivity contribution is 6.30. The van der Waals surface area contributed by atoms with E-state index in [1.165, 1.54) is 0 Å². The van der Waals surface area contributed by atoms with Gasteiger partial charge in [-0.1, -0.05) is 17.7 Å². The molecule has 0 aromatic carbocycles. The van der Waals surface area contributed by atoms with Crippen molar-refractivity contribution >= 4 is 11.6 Å². The van der Waals surface area contributed by atoms with Crippen LogP contribution in [0.2, 0.25) is 5.02 Å². The van der Waals surface area contributed by atoms with Crippen molar-refractivity contribution in [3.8, 4) is 0 Å².